The number of amides is 1. The fourth-order valence-electron chi connectivity index (χ4n) is 2.44. The molecule has 1 saturated heterocycles. The number of hydrogen-bond acceptors (Lipinski definition) is 4. The Bertz CT molecular complexity index is 600. The maximum atomic E-state index is 12.1. The Morgan fingerprint density at radius 3 is 3.21 bits per heavy atom. The maximum Gasteiger partial charge on any atom is 0.228 e. The van der Waals surface area contributed by atoms with Gasteiger partial charge in [-0.1, -0.05) is 0 Å². The molecule has 0 spiro atoms. The highest BCUT2D eigenvalue weighted by molar-refractivity contribution is 5.94. The van der Waals surface area contributed by atoms with E-state index in [1.165, 1.54) is 0 Å². The van der Waals surface area contributed by atoms with Gasteiger partial charge in [0.05, 0.1) is 5.92 Å². The third-order valence-corrected chi connectivity index (χ3v) is 3.43. The lowest BCUT2D eigenvalue weighted by atomic mass is 9.99. The van der Waals surface area contributed by atoms with Crippen LogP contribution < -0.4 is 10.6 Å². The fourth-order valence-corrected chi connectivity index (χ4v) is 2.44. The second-order valence-corrected chi connectivity index (χ2v) is 4.95. The summed E-state index contributed by atoms with van der Waals surface area (Å²) in [6.07, 6.45) is 2.00. The van der Waals surface area contributed by atoms with Crippen LogP contribution in [0.5, 0.6) is 0 Å². The van der Waals surface area contributed by atoms with Gasteiger partial charge in [0.2, 0.25) is 5.91 Å². The number of carbonyl (C=O) groups excluding carboxylic acids is 1. The van der Waals surface area contributed by atoms with Gasteiger partial charge in [-0.2, -0.15) is 0 Å². The van der Waals surface area contributed by atoms with Crippen molar-refractivity contribution in [3.05, 3.63) is 24.1 Å². The molecule has 2 aromatic rings. The molecule has 3 rings (SSSR count). The molecule has 1 amide bonds. The van der Waals surface area contributed by atoms with Crippen LogP contribution in [0.2, 0.25) is 0 Å². The van der Waals surface area contributed by atoms with Crippen LogP contribution in [0.3, 0.4) is 0 Å². The normalized spacial score (nSPS) is 19.5. The number of piperidine rings is 1. The molecule has 0 bridgehead atoms. The first-order valence-electron chi connectivity index (χ1n) is 6.61. The summed E-state index contributed by atoms with van der Waals surface area (Å²) >= 11 is 0. The molecule has 1 aromatic carbocycles. The summed E-state index contributed by atoms with van der Waals surface area (Å²) in [7, 11) is 0. The zero-order valence-corrected chi connectivity index (χ0v) is 10.9. The first-order chi connectivity index (χ1) is 9.22. The van der Waals surface area contributed by atoms with E-state index in [0.717, 1.165) is 37.1 Å². The molecular weight excluding hydrogens is 242 g/mol. The van der Waals surface area contributed by atoms with Gasteiger partial charge in [0.15, 0.2) is 11.5 Å². The van der Waals surface area contributed by atoms with Gasteiger partial charge >= 0.3 is 0 Å². The molecule has 2 N–H and O–H groups in total. The summed E-state index contributed by atoms with van der Waals surface area (Å²) in [5, 5.41) is 6.19. The Kier molecular flexibility index (Phi) is 3.21. The van der Waals surface area contributed by atoms with E-state index in [0.29, 0.717) is 11.5 Å². The Hall–Kier alpha value is -1.88. The average Bonchev–Trinajstić information content (AvgIpc) is 2.79. The number of anilines is 1. The Balaban J connectivity index is 1.74. The lowest BCUT2D eigenvalue weighted by Gasteiger charge is -2.21. The van der Waals surface area contributed by atoms with Gasteiger partial charge in [-0.3, -0.25) is 4.79 Å². The van der Waals surface area contributed by atoms with E-state index in [1.54, 1.807) is 0 Å². The second-order valence-electron chi connectivity index (χ2n) is 4.95. The number of hydrogen-bond donors (Lipinski definition) is 2. The standard InChI is InChI=1S/C14H17N3O2/c1-9-16-12-5-4-11(7-13(12)19-9)17-14(18)10-3-2-6-15-8-10/h4-5,7,10,15H,2-3,6,8H2,1H3,(H,17,18). The summed E-state index contributed by atoms with van der Waals surface area (Å²) in [6, 6.07) is 5.54. The number of aromatic nitrogens is 1. The van der Waals surface area contributed by atoms with Crippen LogP contribution in [0, 0.1) is 12.8 Å². The second kappa shape index (κ2) is 5.01. The predicted octanol–water partition coefficient (Wildman–Crippen LogP) is 2.07. The quantitative estimate of drug-likeness (QED) is 0.866. The van der Waals surface area contributed by atoms with Gasteiger partial charge in [0, 0.05) is 25.2 Å². The third-order valence-electron chi connectivity index (χ3n) is 3.43. The Labute approximate surface area is 111 Å². The van der Waals surface area contributed by atoms with Crippen molar-refractivity contribution in [2.45, 2.75) is 19.8 Å². The van der Waals surface area contributed by atoms with Gasteiger partial charge in [-0.15, -0.1) is 0 Å². The SMILES string of the molecule is Cc1nc2ccc(NC(=O)C3CCCNC3)cc2o1. The number of nitrogens with zero attached hydrogens (tertiary/aromatic N) is 1. The minimum absolute atomic E-state index is 0.0564. The van der Waals surface area contributed by atoms with Crippen LogP contribution in [0.25, 0.3) is 11.1 Å². The van der Waals surface area contributed by atoms with Crippen LogP contribution in [-0.2, 0) is 4.79 Å². The van der Waals surface area contributed by atoms with Crippen molar-refractivity contribution >= 4 is 22.7 Å². The molecule has 1 atom stereocenters. The van der Waals surface area contributed by atoms with Gasteiger partial charge in [0.25, 0.3) is 0 Å². The van der Waals surface area contributed by atoms with Gasteiger partial charge in [-0.05, 0) is 31.5 Å². The molecule has 0 radical (unpaired) electrons. The summed E-state index contributed by atoms with van der Waals surface area (Å²) < 4.78 is 5.46. The highest BCUT2D eigenvalue weighted by Crippen LogP contribution is 2.21. The minimum atomic E-state index is 0.0564. The van der Waals surface area contributed by atoms with Crippen LogP contribution >= 0.6 is 0 Å². The molecule has 1 fully saturated rings. The average molecular weight is 259 g/mol. The molecular formula is C14H17N3O2. The monoisotopic (exact) mass is 259 g/mol. The lowest BCUT2D eigenvalue weighted by molar-refractivity contribution is -0.120. The van der Waals surface area contributed by atoms with Gasteiger partial charge in [-0.25, -0.2) is 4.98 Å². The summed E-state index contributed by atoms with van der Waals surface area (Å²) in [4.78, 5) is 16.3. The molecule has 19 heavy (non-hydrogen) atoms. The smallest absolute Gasteiger partial charge is 0.228 e. The first kappa shape index (κ1) is 12.2. The van der Waals surface area contributed by atoms with Crippen molar-refractivity contribution in [3.63, 3.8) is 0 Å². The highest BCUT2D eigenvalue weighted by atomic mass is 16.3. The van der Waals surface area contributed by atoms with E-state index >= 15 is 0 Å². The van der Waals surface area contributed by atoms with E-state index in [1.807, 2.05) is 25.1 Å². The van der Waals surface area contributed by atoms with Crippen molar-refractivity contribution in [2.75, 3.05) is 18.4 Å². The number of aryl methyl sites for hydroxylation is 1. The van der Waals surface area contributed by atoms with Gasteiger partial charge in [0.1, 0.15) is 5.52 Å². The third kappa shape index (κ3) is 2.61. The Morgan fingerprint density at radius 2 is 2.42 bits per heavy atom. The molecule has 5 nitrogen and oxygen atoms in total. The van der Waals surface area contributed by atoms with Crippen LogP contribution in [0.15, 0.2) is 22.6 Å². The topological polar surface area (TPSA) is 67.2 Å². The largest absolute Gasteiger partial charge is 0.441 e. The summed E-state index contributed by atoms with van der Waals surface area (Å²) in [6.45, 7) is 3.58. The van der Waals surface area contributed by atoms with E-state index in [9.17, 15) is 4.79 Å². The number of nitrogens with one attached hydrogen (secondary N) is 2. The maximum absolute atomic E-state index is 12.1. The fraction of sp³-hybridized carbons (Fsp3) is 0.429. The van der Waals surface area contributed by atoms with Gasteiger partial charge < -0.3 is 15.1 Å². The van der Waals surface area contributed by atoms with E-state index in [2.05, 4.69) is 15.6 Å². The van der Waals surface area contributed by atoms with Crippen molar-refractivity contribution in [1.29, 1.82) is 0 Å². The zero-order chi connectivity index (χ0) is 13.2. The minimum Gasteiger partial charge on any atom is -0.441 e. The van der Waals surface area contributed by atoms with Crippen molar-refractivity contribution in [1.82, 2.24) is 10.3 Å². The van der Waals surface area contributed by atoms with E-state index < -0.39 is 0 Å². The van der Waals surface area contributed by atoms with Crippen molar-refractivity contribution in [2.24, 2.45) is 5.92 Å². The summed E-state index contributed by atoms with van der Waals surface area (Å²) in [5.74, 6) is 0.763. The number of fused-ring (bicyclic) bond motifs is 1. The Morgan fingerprint density at radius 1 is 1.53 bits per heavy atom. The molecule has 2 heterocycles. The molecule has 1 aromatic heterocycles. The highest BCUT2D eigenvalue weighted by Gasteiger charge is 2.20. The molecule has 0 aliphatic carbocycles. The van der Waals surface area contributed by atoms with Crippen LogP contribution in [0.1, 0.15) is 18.7 Å². The molecule has 1 aliphatic heterocycles. The number of carbonyl (C=O) groups is 1. The lowest BCUT2D eigenvalue weighted by Crippen LogP contribution is -2.37. The predicted molar refractivity (Wildman–Crippen MR) is 73.0 cm³/mol. The van der Waals surface area contributed by atoms with E-state index in [-0.39, 0.29) is 11.8 Å². The van der Waals surface area contributed by atoms with Crippen LogP contribution in [-0.4, -0.2) is 24.0 Å². The number of rotatable bonds is 2. The number of benzene rings is 1. The molecule has 100 valence electrons. The number of oxazole rings is 1. The molecule has 1 unspecified atom stereocenters. The van der Waals surface area contributed by atoms with Crippen molar-refractivity contribution < 1.29 is 9.21 Å². The first-order valence-corrected chi connectivity index (χ1v) is 6.61. The van der Waals surface area contributed by atoms with Crippen molar-refractivity contribution in [3.8, 4) is 0 Å². The van der Waals surface area contributed by atoms with Crippen LogP contribution in [0.4, 0.5) is 5.69 Å². The van der Waals surface area contributed by atoms with E-state index in [4.69, 9.17) is 4.42 Å². The molecule has 0 saturated carbocycles. The molecule has 1 aliphatic rings. The zero-order valence-electron chi connectivity index (χ0n) is 10.9. The molecule has 5 heteroatoms. The summed E-state index contributed by atoms with van der Waals surface area (Å²) in [5.41, 5.74) is 2.28.